The SMILES string of the molecule is CC(=O)C(c1nc(CCc2ccccc2)no1)C(C)C. The fourth-order valence-electron chi connectivity index (χ4n) is 2.32. The fourth-order valence-corrected chi connectivity index (χ4v) is 2.32. The highest BCUT2D eigenvalue weighted by Gasteiger charge is 2.26. The average molecular weight is 272 g/mol. The Morgan fingerprint density at radius 2 is 1.90 bits per heavy atom. The van der Waals surface area contributed by atoms with Gasteiger partial charge in [0.2, 0.25) is 5.89 Å². The second kappa shape index (κ2) is 6.46. The summed E-state index contributed by atoms with van der Waals surface area (Å²) in [5.41, 5.74) is 1.24. The molecule has 0 aliphatic rings. The van der Waals surface area contributed by atoms with Gasteiger partial charge in [0.1, 0.15) is 5.78 Å². The Hall–Kier alpha value is -1.97. The first-order valence-electron chi connectivity index (χ1n) is 6.94. The van der Waals surface area contributed by atoms with Crippen LogP contribution in [0.4, 0.5) is 0 Å². The molecule has 2 rings (SSSR count). The smallest absolute Gasteiger partial charge is 0.237 e. The van der Waals surface area contributed by atoms with E-state index in [1.165, 1.54) is 5.56 Å². The van der Waals surface area contributed by atoms with Gasteiger partial charge in [0.05, 0.1) is 5.92 Å². The van der Waals surface area contributed by atoms with E-state index < -0.39 is 0 Å². The Labute approximate surface area is 119 Å². The van der Waals surface area contributed by atoms with Crippen molar-refractivity contribution in [2.45, 2.75) is 39.5 Å². The number of hydrogen-bond donors (Lipinski definition) is 0. The van der Waals surface area contributed by atoms with E-state index >= 15 is 0 Å². The van der Waals surface area contributed by atoms with Gasteiger partial charge in [-0.15, -0.1) is 0 Å². The van der Waals surface area contributed by atoms with Crippen molar-refractivity contribution in [1.82, 2.24) is 10.1 Å². The zero-order chi connectivity index (χ0) is 14.5. The van der Waals surface area contributed by atoms with E-state index in [9.17, 15) is 4.79 Å². The number of nitrogens with zero attached hydrogens (tertiary/aromatic N) is 2. The number of hydrogen-bond acceptors (Lipinski definition) is 4. The number of aromatic nitrogens is 2. The molecule has 0 bridgehead atoms. The van der Waals surface area contributed by atoms with E-state index in [4.69, 9.17) is 4.52 Å². The molecule has 20 heavy (non-hydrogen) atoms. The van der Waals surface area contributed by atoms with Crippen molar-refractivity contribution in [3.63, 3.8) is 0 Å². The highest BCUT2D eigenvalue weighted by atomic mass is 16.5. The van der Waals surface area contributed by atoms with Gasteiger partial charge in [0, 0.05) is 6.42 Å². The summed E-state index contributed by atoms with van der Waals surface area (Å²) in [5.74, 6) is 1.03. The highest BCUT2D eigenvalue weighted by molar-refractivity contribution is 5.82. The molecule has 0 amide bonds. The monoisotopic (exact) mass is 272 g/mol. The second-order valence-electron chi connectivity index (χ2n) is 5.37. The van der Waals surface area contributed by atoms with Crippen LogP contribution in [0.3, 0.4) is 0 Å². The number of Topliss-reactive ketones (excluding diaryl/α,β-unsaturated/α-hetero) is 1. The van der Waals surface area contributed by atoms with Gasteiger partial charge in [-0.2, -0.15) is 4.98 Å². The van der Waals surface area contributed by atoms with Crippen molar-refractivity contribution in [3.05, 3.63) is 47.6 Å². The molecule has 1 aromatic carbocycles. The zero-order valence-corrected chi connectivity index (χ0v) is 12.2. The van der Waals surface area contributed by atoms with E-state index in [1.807, 2.05) is 32.0 Å². The van der Waals surface area contributed by atoms with Gasteiger partial charge in [0.15, 0.2) is 5.82 Å². The van der Waals surface area contributed by atoms with Gasteiger partial charge in [-0.3, -0.25) is 4.79 Å². The summed E-state index contributed by atoms with van der Waals surface area (Å²) in [7, 11) is 0. The Morgan fingerprint density at radius 1 is 1.20 bits per heavy atom. The average Bonchev–Trinajstić information content (AvgIpc) is 2.85. The number of carbonyl (C=O) groups is 1. The van der Waals surface area contributed by atoms with Crippen molar-refractivity contribution in [1.29, 1.82) is 0 Å². The van der Waals surface area contributed by atoms with Crippen LogP contribution in [0.15, 0.2) is 34.9 Å². The minimum atomic E-state index is -0.298. The Bertz CT molecular complexity index is 561. The number of rotatable bonds is 6. The van der Waals surface area contributed by atoms with Crippen LogP contribution in [0, 0.1) is 5.92 Å². The van der Waals surface area contributed by atoms with E-state index in [2.05, 4.69) is 22.3 Å². The lowest BCUT2D eigenvalue weighted by Crippen LogP contribution is -2.15. The van der Waals surface area contributed by atoms with Crippen LogP contribution >= 0.6 is 0 Å². The molecule has 0 saturated heterocycles. The topological polar surface area (TPSA) is 56.0 Å². The van der Waals surface area contributed by atoms with Gasteiger partial charge in [0.25, 0.3) is 0 Å². The third kappa shape index (κ3) is 3.53. The molecule has 4 heteroatoms. The van der Waals surface area contributed by atoms with Crippen molar-refractivity contribution in [3.8, 4) is 0 Å². The summed E-state index contributed by atoms with van der Waals surface area (Å²) in [4.78, 5) is 16.0. The summed E-state index contributed by atoms with van der Waals surface area (Å²) in [6.07, 6.45) is 1.59. The predicted octanol–water partition coefficient (Wildman–Crippen LogP) is 3.18. The summed E-state index contributed by atoms with van der Waals surface area (Å²) >= 11 is 0. The van der Waals surface area contributed by atoms with Crippen LogP contribution in [0.5, 0.6) is 0 Å². The van der Waals surface area contributed by atoms with Crippen LogP contribution in [0.25, 0.3) is 0 Å². The van der Waals surface area contributed by atoms with Crippen LogP contribution in [-0.2, 0) is 17.6 Å². The molecule has 0 aliphatic heterocycles. The largest absolute Gasteiger partial charge is 0.339 e. The molecule has 1 atom stereocenters. The lowest BCUT2D eigenvalue weighted by atomic mass is 9.92. The molecule has 0 fully saturated rings. The van der Waals surface area contributed by atoms with Crippen molar-refractivity contribution < 1.29 is 9.32 Å². The molecular weight excluding hydrogens is 252 g/mol. The third-order valence-corrected chi connectivity index (χ3v) is 3.33. The first kappa shape index (κ1) is 14.4. The molecule has 1 aromatic heterocycles. The molecule has 4 nitrogen and oxygen atoms in total. The summed E-state index contributed by atoms with van der Waals surface area (Å²) in [5, 5.41) is 3.98. The molecule has 0 aliphatic carbocycles. The maximum atomic E-state index is 11.6. The van der Waals surface area contributed by atoms with E-state index in [-0.39, 0.29) is 17.6 Å². The van der Waals surface area contributed by atoms with E-state index in [0.717, 1.165) is 12.8 Å². The molecule has 0 radical (unpaired) electrons. The molecule has 2 aromatic rings. The normalized spacial score (nSPS) is 12.6. The van der Waals surface area contributed by atoms with Gasteiger partial charge < -0.3 is 4.52 Å². The Morgan fingerprint density at radius 3 is 2.50 bits per heavy atom. The molecular formula is C16H20N2O2. The van der Waals surface area contributed by atoms with Gasteiger partial charge in [-0.05, 0) is 24.8 Å². The zero-order valence-electron chi connectivity index (χ0n) is 12.2. The maximum absolute atomic E-state index is 11.6. The number of aryl methyl sites for hydroxylation is 2. The minimum Gasteiger partial charge on any atom is -0.339 e. The van der Waals surface area contributed by atoms with Crippen molar-refractivity contribution in [2.75, 3.05) is 0 Å². The first-order valence-corrected chi connectivity index (χ1v) is 6.94. The van der Waals surface area contributed by atoms with Gasteiger partial charge >= 0.3 is 0 Å². The second-order valence-corrected chi connectivity index (χ2v) is 5.37. The Balaban J connectivity index is 2.03. The quantitative estimate of drug-likeness (QED) is 0.810. The van der Waals surface area contributed by atoms with Crippen LogP contribution < -0.4 is 0 Å². The van der Waals surface area contributed by atoms with Crippen LogP contribution in [0.1, 0.15) is 44.0 Å². The maximum Gasteiger partial charge on any atom is 0.237 e. The van der Waals surface area contributed by atoms with Gasteiger partial charge in [-0.1, -0.05) is 49.3 Å². The lowest BCUT2D eigenvalue weighted by molar-refractivity contribution is -0.119. The summed E-state index contributed by atoms with van der Waals surface area (Å²) in [6.45, 7) is 5.54. The standard InChI is InChI=1S/C16H20N2O2/c1-11(2)15(12(3)19)16-17-14(18-20-16)10-9-13-7-5-4-6-8-13/h4-8,11,15H,9-10H2,1-3H3. The van der Waals surface area contributed by atoms with E-state index in [0.29, 0.717) is 11.7 Å². The van der Waals surface area contributed by atoms with E-state index in [1.54, 1.807) is 6.92 Å². The summed E-state index contributed by atoms with van der Waals surface area (Å²) in [6, 6.07) is 10.2. The lowest BCUT2D eigenvalue weighted by Gasteiger charge is -2.12. The Kier molecular flexibility index (Phi) is 4.66. The molecule has 0 N–H and O–H groups in total. The first-order chi connectivity index (χ1) is 9.58. The number of ketones is 1. The minimum absolute atomic E-state index is 0.0678. The van der Waals surface area contributed by atoms with Gasteiger partial charge in [-0.25, -0.2) is 0 Å². The predicted molar refractivity (Wildman–Crippen MR) is 76.4 cm³/mol. The molecule has 1 unspecified atom stereocenters. The number of benzene rings is 1. The molecule has 0 saturated carbocycles. The summed E-state index contributed by atoms with van der Waals surface area (Å²) < 4.78 is 5.26. The van der Waals surface area contributed by atoms with Crippen LogP contribution in [-0.4, -0.2) is 15.9 Å². The highest BCUT2D eigenvalue weighted by Crippen LogP contribution is 2.24. The van der Waals surface area contributed by atoms with Crippen LogP contribution in [0.2, 0.25) is 0 Å². The van der Waals surface area contributed by atoms with Crippen molar-refractivity contribution in [2.24, 2.45) is 5.92 Å². The van der Waals surface area contributed by atoms with Crippen molar-refractivity contribution >= 4 is 5.78 Å². The molecule has 0 spiro atoms. The fraction of sp³-hybridized carbons (Fsp3) is 0.438. The molecule has 106 valence electrons. The molecule has 1 heterocycles. The number of carbonyl (C=O) groups excluding carboxylic acids is 1. The third-order valence-electron chi connectivity index (χ3n) is 3.33.